The maximum Gasteiger partial charge on any atom is 0.223 e. The smallest absolute Gasteiger partial charge is 0.223 e. The van der Waals surface area contributed by atoms with Gasteiger partial charge < -0.3 is 11.1 Å². The summed E-state index contributed by atoms with van der Waals surface area (Å²) in [6, 6.07) is 0.132. The van der Waals surface area contributed by atoms with Gasteiger partial charge in [0.2, 0.25) is 5.91 Å². The summed E-state index contributed by atoms with van der Waals surface area (Å²) in [7, 11) is 0. The first-order chi connectivity index (χ1) is 8.15. The van der Waals surface area contributed by atoms with E-state index < -0.39 is 0 Å². The molecule has 3 heteroatoms. The SMILES string of the molecule is CC(C)C(CN)NC(=O)C1CCCCCCC1. The van der Waals surface area contributed by atoms with Crippen LogP contribution in [0.4, 0.5) is 0 Å². The van der Waals surface area contributed by atoms with Gasteiger partial charge in [0.1, 0.15) is 0 Å². The molecule has 1 rings (SSSR count). The third-order valence-electron chi connectivity index (χ3n) is 3.86. The molecule has 1 aliphatic rings. The molecule has 3 nitrogen and oxygen atoms in total. The zero-order valence-electron chi connectivity index (χ0n) is 11.4. The quantitative estimate of drug-likeness (QED) is 0.793. The molecule has 0 aromatic heterocycles. The summed E-state index contributed by atoms with van der Waals surface area (Å²) in [5, 5.41) is 3.12. The summed E-state index contributed by atoms with van der Waals surface area (Å²) in [5.74, 6) is 0.872. The number of nitrogens with one attached hydrogen (secondary N) is 1. The Balaban J connectivity index is 2.43. The molecule has 0 aliphatic heterocycles. The van der Waals surface area contributed by atoms with Crippen molar-refractivity contribution in [1.29, 1.82) is 0 Å². The van der Waals surface area contributed by atoms with Crippen LogP contribution in [0.5, 0.6) is 0 Å². The van der Waals surface area contributed by atoms with E-state index in [1.807, 2.05) is 0 Å². The first-order valence-electron chi connectivity index (χ1n) is 7.15. The molecule has 1 unspecified atom stereocenters. The Kier molecular flexibility index (Phi) is 6.56. The molecule has 1 atom stereocenters. The van der Waals surface area contributed by atoms with Gasteiger partial charge in [-0.1, -0.05) is 46.0 Å². The number of hydrogen-bond acceptors (Lipinski definition) is 2. The highest BCUT2D eigenvalue weighted by Crippen LogP contribution is 2.22. The minimum Gasteiger partial charge on any atom is -0.352 e. The number of carbonyl (C=O) groups excluding carboxylic acids is 1. The molecule has 17 heavy (non-hydrogen) atoms. The fraction of sp³-hybridized carbons (Fsp3) is 0.929. The van der Waals surface area contributed by atoms with E-state index in [0.717, 1.165) is 12.8 Å². The van der Waals surface area contributed by atoms with Crippen LogP contribution < -0.4 is 11.1 Å². The van der Waals surface area contributed by atoms with Gasteiger partial charge in [0, 0.05) is 18.5 Å². The highest BCUT2D eigenvalue weighted by molar-refractivity contribution is 5.78. The Morgan fingerprint density at radius 1 is 1.18 bits per heavy atom. The highest BCUT2D eigenvalue weighted by atomic mass is 16.1. The lowest BCUT2D eigenvalue weighted by atomic mass is 9.90. The van der Waals surface area contributed by atoms with E-state index in [4.69, 9.17) is 5.73 Å². The molecule has 1 amide bonds. The second-order valence-electron chi connectivity index (χ2n) is 5.64. The molecule has 100 valence electrons. The van der Waals surface area contributed by atoms with Gasteiger partial charge >= 0.3 is 0 Å². The van der Waals surface area contributed by atoms with E-state index in [1.54, 1.807) is 0 Å². The largest absolute Gasteiger partial charge is 0.352 e. The van der Waals surface area contributed by atoms with Crippen molar-refractivity contribution in [3.05, 3.63) is 0 Å². The van der Waals surface area contributed by atoms with Crippen LogP contribution in [-0.4, -0.2) is 18.5 Å². The molecule has 1 saturated carbocycles. The third-order valence-corrected chi connectivity index (χ3v) is 3.86. The maximum absolute atomic E-state index is 12.2. The molecule has 0 radical (unpaired) electrons. The fourth-order valence-corrected chi connectivity index (χ4v) is 2.52. The van der Waals surface area contributed by atoms with Crippen LogP contribution >= 0.6 is 0 Å². The molecule has 0 aromatic rings. The summed E-state index contributed by atoms with van der Waals surface area (Å²) in [6.07, 6.45) is 8.43. The molecular formula is C14H28N2O. The van der Waals surface area contributed by atoms with Crippen molar-refractivity contribution in [2.45, 2.75) is 64.8 Å². The van der Waals surface area contributed by atoms with Crippen LogP contribution in [0.3, 0.4) is 0 Å². The maximum atomic E-state index is 12.2. The van der Waals surface area contributed by atoms with Crippen molar-refractivity contribution < 1.29 is 4.79 Å². The first kappa shape index (κ1) is 14.5. The number of nitrogens with two attached hydrogens (primary N) is 1. The van der Waals surface area contributed by atoms with Gasteiger partial charge in [-0.05, 0) is 18.8 Å². The molecule has 0 heterocycles. The molecule has 1 aliphatic carbocycles. The van der Waals surface area contributed by atoms with Gasteiger partial charge in [-0.3, -0.25) is 4.79 Å². The molecular weight excluding hydrogens is 212 g/mol. The third kappa shape index (κ3) is 5.07. The monoisotopic (exact) mass is 240 g/mol. The molecule has 1 fully saturated rings. The van der Waals surface area contributed by atoms with Gasteiger partial charge in [0.05, 0.1) is 0 Å². The van der Waals surface area contributed by atoms with Gasteiger partial charge in [0.25, 0.3) is 0 Å². The number of carbonyl (C=O) groups is 1. The van der Waals surface area contributed by atoms with E-state index >= 15 is 0 Å². The number of amides is 1. The molecule has 0 bridgehead atoms. The van der Waals surface area contributed by atoms with Crippen LogP contribution in [-0.2, 0) is 4.79 Å². The van der Waals surface area contributed by atoms with E-state index in [9.17, 15) is 4.79 Å². The average molecular weight is 240 g/mol. The zero-order valence-corrected chi connectivity index (χ0v) is 11.4. The second-order valence-corrected chi connectivity index (χ2v) is 5.64. The summed E-state index contributed by atoms with van der Waals surface area (Å²) in [4.78, 5) is 12.2. The minimum atomic E-state index is 0.132. The Bertz CT molecular complexity index is 220. The van der Waals surface area contributed by atoms with Gasteiger partial charge in [-0.15, -0.1) is 0 Å². The molecule has 3 N–H and O–H groups in total. The average Bonchev–Trinajstić information content (AvgIpc) is 2.24. The Morgan fingerprint density at radius 3 is 2.18 bits per heavy atom. The van der Waals surface area contributed by atoms with Crippen LogP contribution in [0.1, 0.15) is 58.8 Å². The lowest BCUT2D eigenvalue weighted by Crippen LogP contribution is -2.46. The van der Waals surface area contributed by atoms with Crippen LogP contribution in [0.25, 0.3) is 0 Å². The number of rotatable bonds is 4. The van der Waals surface area contributed by atoms with Crippen LogP contribution in [0.2, 0.25) is 0 Å². The normalized spacial score (nSPS) is 20.7. The van der Waals surface area contributed by atoms with Crippen LogP contribution in [0, 0.1) is 11.8 Å². The van der Waals surface area contributed by atoms with E-state index in [2.05, 4.69) is 19.2 Å². The molecule has 0 spiro atoms. The van der Waals surface area contributed by atoms with E-state index in [1.165, 1.54) is 32.1 Å². The Labute approximate surface area is 106 Å². The van der Waals surface area contributed by atoms with Crippen molar-refractivity contribution in [2.24, 2.45) is 17.6 Å². The zero-order chi connectivity index (χ0) is 12.7. The fourth-order valence-electron chi connectivity index (χ4n) is 2.52. The van der Waals surface area contributed by atoms with Crippen molar-refractivity contribution in [1.82, 2.24) is 5.32 Å². The van der Waals surface area contributed by atoms with Crippen molar-refractivity contribution in [2.75, 3.05) is 6.54 Å². The predicted molar refractivity (Wildman–Crippen MR) is 71.6 cm³/mol. The summed E-state index contributed by atoms with van der Waals surface area (Å²) in [5.41, 5.74) is 5.69. The number of hydrogen-bond donors (Lipinski definition) is 2. The van der Waals surface area contributed by atoms with E-state index in [0.29, 0.717) is 12.5 Å². The Hall–Kier alpha value is -0.570. The van der Waals surface area contributed by atoms with Crippen LogP contribution in [0.15, 0.2) is 0 Å². The van der Waals surface area contributed by atoms with Crippen molar-refractivity contribution in [3.8, 4) is 0 Å². The lowest BCUT2D eigenvalue weighted by Gasteiger charge is -2.25. The van der Waals surface area contributed by atoms with E-state index in [-0.39, 0.29) is 17.9 Å². The highest BCUT2D eigenvalue weighted by Gasteiger charge is 2.22. The van der Waals surface area contributed by atoms with Crippen molar-refractivity contribution in [3.63, 3.8) is 0 Å². The predicted octanol–water partition coefficient (Wildman–Crippen LogP) is 2.45. The van der Waals surface area contributed by atoms with Crippen molar-refractivity contribution >= 4 is 5.91 Å². The van der Waals surface area contributed by atoms with Gasteiger partial charge in [-0.25, -0.2) is 0 Å². The van der Waals surface area contributed by atoms with Gasteiger partial charge in [0.15, 0.2) is 0 Å². The molecule has 0 aromatic carbocycles. The van der Waals surface area contributed by atoms with Gasteiger partial charge in [-0.2, -0.15) is 0 Å². The minimum absolute atomic E-state index is 0.132. The Morgan fingerprint density at radius 2 is 1.71 bits per heavy atom. The second kappa shape index (κ2) is 7.70. The summed E-state index contributed by atoms with van der Waals surface area (Å²) >= 11 is 0. The summed E-state index contributed by atoms with van der Waals surface area (Å²) in [6.45, 7) is 4.75. The summed E-state index contributed by atoms with van der Waals surface area (Å²) < 4.78 is 0. The standard InChI is InChI=1S/C14H28N2O/c1-11(2)13(10-15)16-14(17)12-8-6-4-3-5-7-9-12/h11-13H,3-10,15H2,1-2H3,(H,16,17). The molecule has 0 saturated heterocycles. The first-order valence-corrected chi connectivity index (χ1v) is 7.15. The lowest BCUT2D eigenvalue weighted by molar-refractivity contribution is -0.126. The topological polar surface area (TPSA) is 55.1 Å².